The van der Waals surface area contributed by atoms with Gasteiger partial charge in [-0.1, -0.05) is 11.3 Å². The van der Waals surface area contributed by atoms with Gasteiger partial charge < -0.3 is 19.5 Å². The highest BCUT2D eigenvalue weighted by atomic mass is 19.1. The molecule has 1 aliphatic rings. The van der Waals surface area contributed by atoms with Gasteiger partial charge in [-0.15, -0.1) is 5.10 Å². The van der Waals surface area contributed by atoms with E-state index < -0.39 is 0 Å². The van der Waals surface area contributed by atoms with Crippen molar-refractivity contribution >= 4 is 5.82 Å². The minimum atomic E-state index is -0.284. The number of benzene rings is 2. The first-order chi connectivity index (χ1) is 13.7. The monoisotopic (exact) mass is 384 g/mol. The van der Waals surface area contributed by atoms with Crippen molar-refractivity contribution in [2.45, 2.75) is 20.0 Å². The molecule has 8 heteroatoms. The normalized spacial score (nSPS) is 12.6. The Morgan fingerprint density at radius 2 is 1.89 bits per heavy atom. The first-order valence-corrected chi connectivity index (χ1v) is 9.10. The van der Waals surface area contributed by atoms with Crippen molar-refractivity contribution in [1.29, 1.82) is 0 Å². The van der Waals surface area contributed by atoms with Gasteiger partial charge in [-0.3, -0.25) is 0 Å². The van der Waals surface area contributed by atoms with Gasteiger partial charge >= 0.3 is 0 Å². The van der Waals surface area contributed by atoms with Crippen LogP contribution in [0.4, 0.5) is 10.2 Å². The molecule has 0 bridgehead atoms. The van der Waals surface area contributed by atoms with Crippen LogP contribution in [0.3, 0.4) is 0 Å². The first-order valence-electron chi connectivity index (χ1n) is 9.10. The Labute approximate surface area is 162 Å². The van der Waals surface area contributed by atoms with Crippen LogP contribution in [0, 0.1) is 12.7 Å². The van der Waals surface area contributed by atoms with Crippen LogP contribution in [-0.4, -0.2) is 34.8 Å². The summed E-state index contributed by atoms with van der Waals surface area (Å²) < 4.78 is 31.4. The van der Waals surface area contributed by atoms with Crippen LogP contribution in [0.15, 0.2) is 42.5 Å². The molecule has 0 fully saturated rings. The van der Waals surface area contributed by atoms with Crippen molar-refractivity contribution in [2.24, 2.45) is 0 Å². The second kappa shape index (κ2) is 8.16. The van der Waals surface area contributed by atoms with E-state index in [1.165, 1.54) is 12.1 Å². The highest BCUT2D eigenvalue weighted by Gasteiger charge is 2.13. The highest BCUT2D eigenvalue weighted by molar-refractivity contribution is 5.45. The summed E-state index contributed by atoms with van der Waals surface area (Å²) in [5.74, 6) is 2.60. The fourth-order valence-electron chi connectivity index (χ4n) is 2.90. The molecule has 3 aromatic rings. The van der Waals surface area contributed by atoms with Crippen LogP contribution < -0.4 is 19.5 Å². The van der Waals surface area contributed by atoms with Gasteiger partial charge in [-0.2, -0.15) is 0 Å². The van der Waals surface area contributed by atoms with Gasteiger partial charge in [-0.05, 0) is 48.9 Å². The van der Waals surface area contributed by atoms with Gasteiger partial charge in [-0.25, -0.2) is 9.07 Å². The van der Waals surface area contributed by atoms with Gasteiger partial charge in [0.2, 0.25) is 0 Å². The largest absolute Gasteiger partial charge is 0.492 e. The Kier molecular flexibility index (Phi) is 5.27. The second-order valence-electron chi connectivity index (χ2n) is 6.38. The molecule has 0 saturated heterocycles. The van der Waals surface area contributed by atoms with Crippen LogP contribution >= 0.6 is 0 Å². The SMILES string of the molecule is Cc1c(NCc2ccc3c(c2)OCCO3)nnn1CCOc1ccc(F)cc1. The van der Waals surface area contributed by atoms with Gasteiger partial charge in [0.25, 0.3) is 0 Å². The molecule has 2 aromatic carbocycles. The Morgan fingerprint density at radius 1 is 1.11 bits per heavy atom. The number of hydrogen-bond acceptors (Lipinski definition) is 6. The van der Waals surface area contributed by atoms with Crippen molar-refractivity contribution in [3.05, 3.63) is 59.5 Å². The predicted octanol–water partition coefficient (Wildman–Crippen LogP) is 3.19. The van der Waals surface area contributed by atoms with Crippen LogP contribution in [-0.2, 0) is 13.1 Å². The van der Waals surface area contributed by atoms with Gasteiger partial charge in [0.05, 0.1) is 12.2 Å². The zero-order chi connectivity index (χ0) is 19.3. The Balaban J connectivity index is 1.31. The van der Waals surface area contributed by atoms with Gasteiger partial charge in [0, 0.05) is 6.54 Å². The molecular formula is C20H21FN4O3. The van der Waals surface area contributed by atoms with E-state index in [1.807, 2.05) is 25.1 Å². The van der Waals surface area contributed by atoms with E-state index in [0.717, 1.165) is 28.6 Å². The van der Waals surface area contributed by atoms with Crippen LogP contribution in [0.25, 0.3) is 0 Å². The number of ether oxygens (including phenoxy) is 3. The lowest BCUT2D eigenvalue weighted by Crippen LogP contribution is -2.15. The Morgan fingerprint density at radius 3 is 2.71 bits per heavy atom. The molecule has 28 heavy (non-hydrogen) atoms. The number of nitrogens with one attached hydrogen (secondary N) is 1. The number of nitrogens with zero attached hydrogens (tertiary/aromatic N) is 3. The van der Waals surface area contributed by atoms with E-state index in [4.69, 9.17) is 14.2 Å². The molecule has 0 radical (unpaired) electrons. The fraction of sp³-hybridized carbons (Fsp3) is 0.300. The third-order valence-electron chi connectivity index (χ3n) is 4.43. The zero-order valence-corrected chi connectivity index (χ0v) is 15.5. The highest BCUT2D eigenvalue weighted by Crippen LogP contribution is 2.31. The molecule has 0 amide bonds. The van der Waals surface area contributed by atoms with E-state index >= 15 is 0 Å². The summed E-state index contributed by atoms with van der Waals surface area (Å²) in [5, 5.41) is 11.7. The van der Waals surface area contributed by atoms with Gasteiger partial charge in [0.15, 0.2) is 17.3 Å². The summed E-state index contributed by atoms with van der Waals surface area (Å²) in [6, 6.07) is 11.8. The summed E-state index contributed by atoms with van der Waals surface area (Å²) >= 11 is 0. The molecule has 2 heterocycles. The summed E-state index contributed by atoms with van der Waals surface area (Å²) in [7, 11) is 0. The molecule has 0 aliphatic carbocycles. The van der Waals surface area contributed by atoms with Gasteiger partial charge in [0.1, 0.15) is 31.4 Å². The van der Waals surface area contributed by atoms with E-state index in [-0.39, 0.29) is 5.82 Å². The lowest BCUT2D eigenvalue weighted by atomic mass is 10.2. The average molecular weight is 384 g/mol. The number of halogens is 1. The lowest BCUT2D eigenvalue weighted by molar-refractivity contribution is 0.171. The Hall–Kier alpha value is -3.29. The quantitative estimate of drug-likeness (QED) is 0.675. The molecule has 1 aromatic heterocycles. The maximum absolute atomic E-state index is 12.9. The van der Waals surface area contributed by atoms with E-state index in [0.29, 0.717) is 38.7 Å². The maximum atomic E-state index is 12.9. The third-order valence-corrected chi connectivity index (χ3v) is 4.43. The molecule has 4 rings (SSSR count). The van der Waals surface area contributed by atoms with E-state index in [9.17, 15) is 4.39 Å². The van der Waals surface area contributed by atoms with Crippen LogP contribution in [0.5, 0.6) is 17.2 Å². The molecule has 146 valence electrons. The van der Waals surface area contributed by atoms with E-state index in [1.54, 1.807) is 16.8 Å². The summed E-state index contributed by atoms with van der Waals surface area (Å²) in [6.07, 6.45) is 0. The standard InChI is InChI=1S/C20H21FN4O3/c1-14-20(22-13-15-2-7-18-19(12-15)28-11-10-27-18)23-24-25(14)8-9-26-17-5-3-16(21)4-6-17/h2-7,12,22H,8-11,13H2,1H3. The summed E-state index contributed by atoms with van der Waals surface area (Å²) in [4.78, 5) is 0. The number of fused-ring (bicyclic) bond motifs is 1. The fourth-order valence-corrected chi connectivity index (χ4v) is 2.90. The Bertz CT molecular complexity index is 943. The first kappa shape index (κ1) is 18.1. The topological polar surface area (TPSA) is 70.4 Å². The number of aromatic nitrogens is 3. The smallest absolute Gasteiger partial charge is 0.171 e. The summed E-state index contributed by atoms with van der Waals surface area (Å²) in [6.45, 7) is 4.65. The minimum absolute atomic E-state index is 0.284. The molecule has 1 N–H and O–H groups in total. The molecule has 0 atom stereocenters. The maximum Gasteiger partial charge on any atom is 0.171 e. The number of anilines is 1. The average Bonchev–Trinajstić information content (AvgIpc) is 3.07. The molecule has 1 aliphatic heterocycles. The lowest BCUT2D eigenvalue weighted by Gasteiger charge is -2.19. The molecule has 0 spiro atoms. The number of rotatable bonds is 7. The molecule has 0 unspecified atom stereocenters. The van der Waals surface area contributed by atoms with Crippen molar-refractivity contribution in [2.75, 3.05) is 25.1 Å². The van der Waals surface area contributed by atoms with Crippen LogP contribution in [0.1, 0.15) is 11.3 Å². The molecule has 7 nitrogen and oxygen atoms in total. The summed E-state index contributed by atoms with van der Waals surface area (Å²) in [5.41, 5.74) is 1.98. The van der Waals surface area contributed by atoms with Crippen molar-refractivity contribution in [3.63, 3.8) is 0 Å². The predicted molar refractivity (Wildman–Crippen MR) is 101 cm³/mol. The second-order valence-corrected chi connectivity index (χ2v) is 6.38. The minimum Gasteiger partial charge on any atom is -0.492 e. The van der Waals surface area contributed by atoms with Crippen molar-refractivity contribution in [3.8, 4) is 17.2 Å². The number of hydrogen-bond donors (Lipinski definition) is 1. The third kappa shape index (κ3) is 4.16. The molecule has 0 saturated carbocycles. The van der Waals surface area contributed by atoms with Crippen molar-refractivity contribution < 1.29 is 18.6 Å². The molecular weight excluding hydrogens is 363 g/mol. The van der Waals surface area contributed by atoms with Crippen molar-refractivity contribution in [1.82, 2.24) is 15.0 Å². The van der Waals surface area contributed by atoms with E-state index in [2.05, 4.69) is 15.6 Å². The zero-order valence-electron chi connectivity index (χ0n) is 15.5. The van der Waals surface area contributed by atoms with Crippen LogP contribution in [0.2, 0.25) is 0 Å².